The van der Waals surface area contributed by atoms with Crippen LogP contribution in [0, 0.1) is 11.6 Å². The summed E-state index contributed by atoms with van der Waals surface area (Å²) in [7, 11) is 1.88. The zero-order valence-electron chi connectivity index (χ0n) is 18.6. The molecule has 7 nitrogen and oxygen atoms in total. The average Bonchev–Trinajstić information content (AvgIpc) is 3.40. The summed E-state index contributed by atoms with van der Waals surface area (Å²) in [6.07, 6.45) is 8.72. The van der Waals surface area contributed by atoms with Crippen molar-refractivity contribution in [3.05, 3.63) is 54.5 Å². The first-order valence-electron chi connectivity index (χ1n) is 11.2. The lowest BCUT2D eigenvalue weighted by Crippen LogP contribution is -2.26. The second-order valence-electron chi connectivity index (χ2n) is 8.44. The predicted octanol–water partition coefficient (Wildman–Crippen LogP) is 5.10. The summed E-state index contributed by atoms with van der Waals surface area (Å²) in [4.78, 5) is 4.55. The summed E-state index contributed by atoms with van der Waals surface area (Å²) in [5.74, 6) is -0.359. The summed E-state index contributed by atoms with van der Waals surface area (Å²) < 4.78 is 36.9. The Morgan fingerprint density at radius 3 is 2.64 bits per heavy atom. The van der Waals surface area contributed by atoms with Gasteiger partial charge in [0, 0.05) is 49.1 Å². The molecule has 5 rings (SSSR count). The maximum atomic E-state index is 14.0. The van der Waals surface area contributed by atoms with Crippen molar-refractivity contribution in [2.75, 3.05) is 11.9 Å². The van der Waals surface area contributed by atoms with E-state index in [1.165, 1.54) is 12.1 Å². The Bertz CT molecular complexity index is 1280. The Balaban J connectivity index is 1.40. The van der Waals surface area contributed by atoms with Gasteiger partial charge in [0.25, 0.3) is 0 Å². The number of pyridine rings is 1. The second-order valence-corrected chi connectivity index (χ2v) is 8.44. The van der Waals surface area contributed by atoms with Gasteiger partial charge < -0.3 is 10.1 Å². The van der Waals surface area contributed by atoms with Crippen LogP contribution in [-0.2, 0) is 7.05 Å². The van der Waals surface area contributed by atoms with Crippen LogP contribution in [0.4, 0.5) is 14.6 Å². The van der Waals surface area contributed by atoms with Crippen LogP contribution in [0.25, 0.3) is 22.2 Å². The van der Waals surface area contributed by atoms with Crippen LogP contribution < -0.4 is 10.1 Å². The third kappa shape index (κ3) is 4.27. The van der Waals surface area contributed by atoms with Gasteiger partial charge in [-0.1, -0.05) is 0 Å². The van der Waals surface area contributed by atoms with Gasteiger partial charge in [0.1, 0.15) is 17.3 Å². The van der Waals surface area contributed by atoms with Gasteiger partial charge in [0.05, 0.1) is 23.9 Å². The number of halogens is 2. The van der Waals surface area contributed by atoms with Crippen LogP contribution >= 0.6 is 0 Å². The predicted molar refractivity (Wildman–Crippen MR) is 122 cm³/mol. The van der Waals surface area contributed by atoms with Gasteiger partial charge in [0.15, 0.2) is 11.6 Å². The molecule has 0 unspecified atom stereocenters. The summed E-state index contributed by atoms with van der Waals surface area (Å²) in [5.41, 5.74) is 2.83. The van der Waals surface area contributed by atoms with Crippen LogP contribution in [0.1, 0.15) is 38.6 Å². The van der Waals surface area contributed by atoms with E-state index in [4.69, 9.17) is 9.84 Å². The number of hydrogen-bond donors (Lipinski definition) is 1. The number of aryl methyl sites for hydroxylation is 1. The number of hydrogen-bond acceptors (Lipinski definition) is 5. The second kappa shape index (κ2) is 8.80. The van der Waals surface area contributed by atoms with Crippen molar-refractivity contribution in [3.8, 4) is 17.0 Å². The first-order valence-corrected chi connectivity index (χ1v) is 11.2. The first-order chi connectivity index (χ1) is 16.0. The minimum Gasteiger partial charge on any atom is -0.487 e. The van der Waals surface area contributed by atoms with Crippen molar-refractivity contribution >= 4 is 16.7 Å². The van der Waals surface area contributed by atoms with Gasteiger partial charge in [-0.2, -0.15) is 10.2 Å². The fraction of sp³-hybridized carbons (Fsp3) is 0.375. The topological polar surface area (TPSA) is 69.8 Å². The minimum atomic E-state index is -0.667. The van der Waals surface area contributed by atoms with Crippen LogP contribution in [0.2, 0.25) is 0 Å². The largest absolute Gasteiger partial charge is 0.487 e. The molecule has 172 valence electrons. The number of nitrogens with one attached hydrogen (secondary N) is 1. The summed E-state index contributed by atoms with van der Waals surface area (Å²) in [6, 6.07) is 5.66. The standard InChI is InChI=1S/C24H26F2N6O/c1-3-27-23-11-21-19(13-28-23)24(15-12-29-31(2)14-15)30-32(21)17-5-7-18(8-6-17)33-22-9-4-16(25)10-20(22)26/h4,9-14,17-18H,3,5-8H2,1-2H3,(H,27,28). The molecule has 1 aliphatic carbocycles. The van der Waals surface area contributed by atoms with Crippen molar-refractivity contribution in [2.24, 2.45) is 7.05 Å². The van der Waals surface area contributed by atoms with Crippen molar-refractivity contribution in [2.45, 2.75) is 44.8 Å². The maximum Gasteiger partial charge on any atom is 0.167 e. The van der Waals surface area contributed by atoms with Gasteiger partial charge in [0.2, 0.25) is 0 Å². The van der Waals surface area contributed by atoms with Gasteiger partial charge in [-0.05, 0) is 44.7 Å². The highest BCUT2D eigenvalue weighted by atomic mass is 19.1. The van der Waals surface area contributed by atoms with Crippen LogP contribution in [0.5, 0.6) is 5.75 Å². The molecule has 3 heterocycles. The Labute approximate surface area is 190 Å². The molecule has 0 amide bonds. The molecule has 4 aromatic rings. The number of fused-ring (bicyclic) bond motifs is 1. The smallest absolute Gasteiger partial charge is 0.167 e. The number of ether oxygens (including phenoxy) is 1. The lowest BCUT2D eigenvalue weighted by molar-refractivity contribution is 0.126. The van der Waals surface area contributed by atoms with E-state index in [0.717, 1.165) is 66.3 Å². The lowest BCUT2D eigenvalue weighted by Gasteiger charge is -2.29. The molecule has 1 saturated carbocycles. The average molecular weight is 453 g/mol. The normalized spacial score (nSPS) is 18.5. The zero-order chi connectivity index (χ0) is 22.9. The van der Waals surface area contributed by atoms with Crippen molar-refractivity contribution < 1.29 is 13.5 Å². The Morgan fingerprint density at radius 1 is 1.12 bits per heavy atom. The Morgan fingerprint density at radius 2 is 1.94 bits per heavy atom. The SMILES string of the molecule is CCNc1cc2c(cn1)c(-c1cnn(C)c1)nn2C1CCC(Oc2ccc(F)cc2F)CC1. The van der Waals surface area contributed by atoms with E-state index in [1.54, 1.807) is 4.68 Å². The molecule has 1 aromatic carbocycles. The van der Waals surface area contributed by atoms with Gasteiger partial charge >= 0.3 is 0 Å². The van der Waals surface area contributed by atoms with Crippen molar-refractivity contribution in [1.82, 2.24) is 24.5 Å². The molecular weight excluding hydrogens is 426 g/mol. The van der Waals surface area contributed by atoms with Gasteiger partial charge in [-0.3, -0.25) is 9.36 Å². The van der Waals surface area contributed by atoms with E-state index in [2.05, 4.69) is 20.1 Å². The number of nitrogens with zero attached hydrogens (tertiary/aromatic N) is 5. The quantitative estimate of drug-likeness (QED) is 0.441. The molecule has 0 spiro atoms. The maximum absolute atomic E-state index is 14.0. The lowest BCUT2D eigenvalue weighted by atomic mass is 9.93. The molecule has 0 bridgehead atoms. The molecular formula is C24H26F2N6O. The molecule has 0 saturated heterocycles. The summed E-state index contributed by atoms with van der Waals surface area (Å²) >= 11 is 0. The molecule has 3 aromatic heterocycles. The molecule has 1 fully saturated rings. The highest BCUT2D eigenvalue weighted by molar-refractivity contribution is 5.93. The highest BCUT2D eigenvalue weighted by Crippen LogP contribution is 2.36. The fourth-order valence-corrected chi connectivity index (χ4v) is 4.50. The molecule has 1 N–H and O–H groups in total. The molecule has 9 heteroatoms. The van der Waals surface area contributed by atoms with Crippen LogP contribution in [0.15, 0.2) is 42.9 Å². The fourth-order valence-electron chi connectivity index (χ4n) is 4.50. The summed E-state index contributed by atoms with van der Waals surface area (Å²) in [5, 5.41) is 13.5. The van der Waals surface area contributed by atoms with E-state index in [0.29, 0.717) is 0 Å². The van der Waals surface area contributed by atoms with E-state index in [9.17, 15) is 8.78 Å². The molecule has 0 atom stereocenters. The number of rotatable bonds is 6. The first kappa shape index (κ1) is 21.4. The van der Waals surface area contributed by atoms with Crippen LogP contribution in [0.3, 0.4) is 0 Å². The number of anilines is 1. The van der Waals surface area contributed by atoms with E-state index >= 15 is 0 Å². The Kier molecular flexibility index (Phi) is 5.70. The monoisotopic (exact) mass is 452 g/mol. The molecule has 33 heavy (non-hydrogen) atoms. The Hall–Kier alpha value is -3.49. The van der Waals surface area contributed by atoms with E-state index in [-0.39, 0.29) is 17.9 Å². The van der Waals surface area contributed by atoms with E-state index < -0.39 is 11.6 Å². The van der Waals surface area contributed by atoms with E-state index in [1.807, 2.05) is 38.6 Å². The van der Waals surface area contributed by atoms with Crippen molar-refractivity contribution in [3.63, 3.8) is 0 Å². The summed E-state index contributed by atoms with van der Waals surface area (Å²) in [6.45, 7) is 2.82. The van der Waals surface area contributed by atoms with Gasteiger partial charge in [-0.15, -0.1) is 0 Å². The third-order valence-electron chi connectivity index (χ3n) is 6.11. The van der Waals surface area contributed by atoms with Gasteiger partial charge in [-0.25, -0.2) is 13.8 Å². The highest BCUT2D eigenvalue weighted by Gasteiger charge is 2.27. The minimum absolute atomic E-state index is 0.101. The number of aromatic nitrogens is 5. The molecule has 0 aliphatic heterocycles. The third-order valence-corrected chi connectivity index (χ3v) is 6.11. The van der Waals surface area contributed by atoms with Crippen LogP contribution in [-0.4, -0.2) is 37.2 Å². The molecule has 1 aliphatic rings. The van der Waals surface area contributed by atoms with Crippen molar-refractivity contribution in [1.29, 1.82) is 0 Å². The number of benzene rings is 1. The molecule has 0 radical (unpaired) electrons. The zero-order valence-corrected chi connectivity index (χ0v) is 18.6.